The Morgan fingerprint density at radius 3 is 2.12 bits per heavy atom. The van der Waals surface area contributed by atoms with Crippen LogP contribution in [-0.4, -0.2) is 31.5 Å². The standard InChI is InChI=1S/C20H26O4S/c1-12-8-13(2)18(14(3)9-12)19-17(21)11-16(20(19)22)10-15-4-6-25(23,24)7-5-15/h8-9,15-16,19H,4-7,10-11H2,1-3H3. The molecule has 1 heterocycles. The molecule has 1 aliphatic carbocycles. The lowest BCUT2D eigenvalue weighted by Crippen LogP contribution is -2.26. The van der Waals surface area contributed by atoms with Gasteiger partial charge < -0.3 is 0 Å². The summed E-state index contributed by atoms with van der Waals surface area (Å²) in [7, 11) is -2.89. The smallest absolute Gasteiger partial charge is 0.151 e. The summed E-state index contributed by atoms with van der Waals surface area (Å²) in [5.41, 5.74) is 4.04. The molecule has 0 bridgehead atoms. The van der Waals surface area contributed by atoms with Crippen molar-refractivity contribution in [3.8, 4) is 0 Å². The number of carbonyl (C=O) groups is 2. The second-order valence-electron chi connectivity index (χ2n) is 7.85. The van der Waals surface area contributed by atoms with E-state index >= 15 is 0 Å². The van der Waals surface area contributed by atoms with Gasteiger partial charge in [0.15, 0.2) is 5.78 Å². The average molecular weight is 362 g/mol. The van der Waals surface area contributed by atoms with E-state index in [1.54, 1.807) is 0 Å². The van der Waals surface area contributed by atoms with Crippen molar-refractivity contribution >= 4 is 21.4 Å². The minimum Gasteiger partial charge on any atom is -0.298 e. The SMILES string of the molecule is Cc1cc(C)c(C2C(=O)CC(CC3CCS(=O)(=O)CC3)C2=O)c(C)c1. The van der Waals surface area contributed by atoms with Crippen molar-refractivity contribution in [3.63, 3.8) is 0 Å². The molecule has 2 fully saturated rings. The van der Waals surface area contributed by atoms with Gasteiger partial charge in [-0.05, 0) is 62.6 Å². The van der Waals surface area contributed by atoms with E-state index in [-0.39, 0.29) is 34.9 Å². The molecule has 2 aliphatic rings. The summed E-state index contributed by atoms with van der Waals surface area (Å²) in [4.78, 5) is 25.6. The maximum Gasteiger partial charge on any atom is 0.151 e. The first-order chi connectivity index (χ1) is 11.7. The quantitative estimate of drug-likeness (QED) is 0.775. The first-order valence-electron chi connectivity index (χ1n) is 9.02. The molecule has 0 radical (unpaired) electrons. The van der Waals surface area contributed by atoms with Crippen LogP contribution in [0.2, 0.25) is 0 Å². The van der Waals surface area contributed by atoms with E-state index in [4.69, 9.17) is 0 Å². The third-order valence-corrected chi connectivity index (χ3v) is 7.49. The second kappa shape index (κ2) is 6.67. The lowest BCUT2D eigenvalue weighted by Gasteiger charge is -2.24. The van der Waals surface area contributed by atoms with Crippen molar-refractivity contribution in [2.75, 3.05) is 11.5 Å². The largest absolute Gasteiger partial charge is 0.298 e. The Bertz CT molecular complexity index is 785. The summed E-state index contributed by atoms with van der Waals surface area (Å²) in [6, 6.07) is 4.06. The molecule has 0 spiro atoms. The molecule has 1 aromatic carbocycles. The highest BCUT2D eigenvalue weighted by Crippen LogP contribution is 2.40. The Kier molecular flexibility index (Phi) is 4.89. The van der Waals surface area contributed by atoms with Crippen LogP contribution in [0.15, 0.2) is 12.1 Å². The minimum absolute atomic E-state index is 0.0217. The van der Waals surface area contributed by atoms with E-state index < -0.39 is 15.8 Å². The van der Waals surface area contributed by atoms with Crippen LogP contribution in [0.25, 0.3) is 0 Å². The van der Waals surface area contributed by atoms with E-state index in [0.717, 1.165) is 22.3 Å². The highest BCUT2D eigenvalue weighted by molar-refractivity contribution is 7.91. The number of rotatable bonds is 3. The molecule has 1 saturated carbocycles. The first-order valence-corrected chi connectivity index (χ1v) is 10.8. The molecule has 5 heteroatoms. The number of hydrogen-bond donors (Lipinski definition) is 0. The molecule has 1 aromatic rings. The van der Waals surface area contributed by atoms with Crippen molar-refractivity contribution in [2.24, 2.45) is 11.8 Å². The van der Waals surface area contributed by atoms with Crippen LogP contribution in [0.4, 0.5) is 0 Å². The molecule has 0 aromatic heterocycles. The van der Waals surface area contributed by atoms with Gasteiger partial charge in [-0.1, -0.05) is 17.7 Å². The lowest BCUT2D eigenvalue weighted by molar-refractivity contribution is -0.125. The lowest BCUT2D eigenvalue weighted by atomic mass is 9.84. The van der Waals surface area contributed by atoms with Crippen LogP contribution < -0.4 is 0 Å². The summed E-state index contributed by atoms with van der Waals surface area (Å²) in [5.74, 6) is -0.148. The zero-order valence-electron chi connectivity index (χ0n) is 15.2. The predicted molar refractivity (Wildman–Crippen MR) is 97.5 cm³/mol. The maximum atomic E-state index is 13.0. The van der Waals surface area contributed by atoms with Crippen molar-refractivity contribution in [1.29, 1.82) is 0 Å². The van der Waals surface area contributed by atoms with Gasteiger partial charge in [0.05, 0.1) is 11.5 Å². The van der Waals surface area contributed by atoms with Gasteiger partial charge >= 0.3 is 0 Å². The van der Waals surface area contributed by atoms with Gasteiger partial charge in [-0.25, -0.2) is 8.42 Å². The van der Waals surface area contributed by atoms with Gasteiger partial charge in [-0.15, -0.1) is 0 Å². The monoisotopic (exact) mass is 362 g/mol. The molecule has 2 atom stereocenters. The van der Waals surface area contributed by atoms with E-state index in [2.05, 4.69) is 0 Å². The maximum absolute atomic E-state index is 13.0. The number of ketones is 2. The third-order valence-electron chi connectivity index (χ3n) is 5.78. The Morgan fingerprint density at radius 1 is 1.00 bits per heavy atom. The summed E-state index contributed by atoms with van der Waals surface area (Å²) in [6.45, 7) is 5.95. The molecule has 0 N–H and O–H groups in total. The molecular formula is C20H26O4S. The van der Waals surface area contributed by atoms with Crippen LogP contribution in [0.3, 0.4) is 0 Å². The molecule has 0 amide bonds. The van der Waals surface area contributed by atoms with Crippen LogP contribution in [-0.2, 0) is 19.4 Å². The summed E-state index contributed by atoms with van der Waals surface area (Å²) in [6.07, 6.45) is 2.20. The van der Waals surface area contributed by atoms with Gasteiger partial charge in [0.1, 0.15) is 21.5 Å². The fraction of sp³-hybridized carbons (Fsp3) is 0.600. The van der Waals surface area contributed by atoms with Gasteiger partial charge in [0, 0.05) is 12.3 Å². The van der Waals surface area contributed by atoms with Crippen molar-refractivity contribution < 1.29 is 18.0 Å². The van der Waals surface area contributed by atoms with Gasteiger partial charge in [-0.3, -0.25) is 9.59 Å². The molecule has 4 nitrogen and oxygen atoms in total. The summed E-state index contributed by atoms with van der Waals surface area (Å²) in [5, 5.41) is 0. The Hall–Kier alpha value is -1.49. The molecule has 25 heavy (non-hydrogen) atoms. The highest BCUT2D eigenvalue weighted by atomic mass is 32.2. The number of sulfone groups is 1. The first kappa shape index (κ1) is 18.3. The minimum atomic E-state index is -2.89. The van der Waals surface area contributed by atoms with Crippen LogP contribution in [0.1, 0.15) is 53.9 Å². The topological polar surface area (TPSA) is 68.3 Å². The molecule has 1 aliphatic heterocycles. The third kappa shape index (κ3) is 3.71. The van der Waals surface area contributed by atoms with Crippen LogP contribution >= 0.6 is 0 Å². The van der Waals surface area contributed by atoms with E-state index in [1.165, 1.54) is 0 Å². The van der Waals surface area contributed by atoms with Crippen molar-refractivity contribution in [3.05, 3.63) is 34.4 Å². The van der Waals surface area contributed by atoms with E-state index in [9.17, 15) is 18.0 Å². The Labute approximate surface area is 149 Å². The number of Topliss-reactive ketones (excluding diaryl/α,β-unsaturated/α-hetero) is 2. The van der Waals surface area contributed by atoms with Gasteiger partial charge in [-0.2, -0.15) is 0 Å². The van der Waals surface area contributed by atoms with E-state index in [0.29, 0.717) is 25.7 Å². The molecule has 3 rings (SSSR count). The Balaban J connectivity index is 1.77. The van der Waals surface area contributed by atoms with Gasteiger partial charge in [0.25, 0.3) is 0 Å². The number of carbonyl (C=O) groups excluding carboxylic acids is 2. The fourth-order valence-electron chi connectivity index (χ4n) is 4.58. The Morgan fingerprint density at radius 2 is 1.56 bits per heavy atom. The normalized spacial score (nSPS) is 27.0. The molecule has 1 saturated heterocycles. The zero-order valence-corrected chi connectivity index (χ0v) is 16.0. The van der Waals surface area contributed by atoms with Crippen LogP contribution in [0, 0.1) is 32.6 Å². The summed E-state index contributed by atoms with van der Waals surface area (Å²) < 4.78 is 23.1. The zero-order chi connectivity index (χ0) is 18.4. The molecule has 136 valence electrons. The van der Waals surface area contributed by atoms with Gasteiger partial charge in [0.2, 0.25) is 0 Å². The molecule has 2 unspecified atom stereocenters. The second-order valence-corrected chi connectivity index (χ2v) is 10.1. The fourth-order valence-corrected chi connectivity index (χ4v) is 6.17. The van der Waals surface area contributed by atoms with Crippen molar-refractivity contribution in [1.82, 2.24) is 0 Å². The van der Waals surface area contributed by atoms with Crippen LogP contribution in [0.5, 0.6) is 0 Å². The highest BCUT2D eigenvalue weighted by Gasteiger charge is 2.44. The average Bonchev–Trinajstić information content (AvgIpc) is 2.76. The number of benzene rings is 1. The number of hydrogen-bond acceptors (Lipinski definition) is 4. The summed E-state index contributed by atoms with van der Waals surface area (Å²) >= 11 is 0. The molecular weight excluding hydrogens is 336 g/mol. The van der Waals surface area contributed by atoms with Crippen molar-refractivity contribution in [2.45, 2.75) is 52.4 Å². The predicted octanol–water partition coefficient (Wildman–Crippen LogP) is 3.07. The van der Waals surface area contributed by atoms with E-state index in [1.807, 2.05) is 32.9 Å². The number of aryl methyl sites for hydroxylation is 3.